The van der Waals surface area contributed by atoms with Crippen LogP contribution in [0, 0.1) is 6.92 Å². The minimum atomic E-state index is -1.18. The number of benzene rings is 2. The van der Waals surface area contributed by atoms with Gasteiger partial charge in [-0.25, -0.2) is 4.79 Å². The zero-order chi connectivity index (χ0) is 23.9. The SMILES string of the molecule is COc1cc(C(=O)OC(COc2ccc(C)cc2)C(=O)NC(C)(C)C)cc(OC)c1OC. The van der Waals surface area contributed by atoms with Crippen molar-refractivity contribution in [2.24, 2.45) is 0 Å². The molecule has 2 aromatic carbocycles. The molecule has 174 valence electrons. The van der Waals surface area contributed by atoms with Crippen LogP contribution in [0.1, 0.15) is 36.7 Å². The highest BCUT2D eigenvalue weighted by Gasteiger charge is 2.29. The minimum Gasteiger partial charge on any atom is -0.493 e. The first-order valence-corrected chi connectivity index (χ1v) is 10.1. The van der Waals surface area contributed by atoms with Crippen LogP contribution in [0.2, 0.25) is 0 Å². The van der Waals surface area contributed by atoms with Crippen LogP contribution in [-0.2, 0) is 9.53 Å². The Morgan fingerprint density at radius 2 is 1.50 bits per heavy atom. The number of methoxy groups -OCH3 is 3. The molecule has 0 radical (unpaired) electrons. The molecule has 1 atom stereocenters. The number of amides is 1. The number of hydrogen-bond donors (Lipinski definition) is 1. The summed E-state index contributed by atoms with van der Waals surface area (Å²) in [7, 11) is 4.36. The quantitative estimate of drug-likeness (QED) is 0.590. The third-order valence-electron chi connectivity index (χ3n) is 4.36. The first-order chi connectivity index (χ1) is 15.1. The summed E-state index contributed by atoms with van der Waals surface area (Å²) in [5.41, 5.74) is 0.703. The maximum absolute atomic E-state index is 12.9. The van der Waals surface area contributed by atoms with E-state index in [0.717, 1.165) is 5.56 Å². The van der Waals surface area contributed by atoms with E-state index >= 15 is 0 Å². The molecular weight excluding hydrogens is 414 g/mol. The fourth-order valence-electron chi connectivity index (χ4n) is 2.82. The molecule has 2 rings (SSSR count). The van der Waals surface area contributed by atoms with Gasteiger partial charge in [-0.2, -0.15) is 0 Å². The number of carbonyl (C=O) groups is 2. The molecular formula is C24H31NO7. The third kappa shape index (κ3) is 6.80. The van der Waals surface area contributed by atoms with Gasteiger partial charge in [-0.05, 0) is 52.0 Å². The molecule has 1 amide bonds. The van der Waals surface area contributed by atoms with Crippen LogP contribution >= 0.6 is 0 Å². The Labute approximate surface area is 188 Å². The van der Waals surface area contributed by atoms with Crippen LogP contribution in [0.4, 0.5) is 0 Å². The number of rotatable bonds is 9. The highest BCUT2D eigenvalue weighted by Crippen LogP contribution is 2.38. The molecule has 0 fully saturated rings. The standard InChI is InChI=1S/C24H31NO7/c1-15-8-10-17(11-9-15)31-14-20(22(26)25-24(2,3)4)32-23(27)16-12-18(28-5)21(30-7)19(13-16)29-6/h8-13,20H,14H2,1-7H3,(H,25,26). The maximum Gasteiger partial charge on any atom is 0.339 e. The molecule has 0 spiro atoms. The van der Waals surface area contributed by atoms with Gasteiger partial charge in [0.2, 0.25) is 11.9 Å². The monoisotopic (exact) mass is 445 g/mol. The van der Waals surface area contributed by atoms with Crippen LogP contribution in [0.25, 0.3) is 0 Å². The van der Waals surface area contributed by atoms with Gasteiger partial charge in [0.05, 0.1) is 26.9 Å². The average molecular weight is 446 g/mol. The molecule has 0 aliphatic heterocycles. The normalized spacial score (nSPS) is 11.8. The van der Waals surface area contributed by atoms with Gasteiger partial charge in [0, 0.05) is 5.54 Å². The Hall–Kier alpha value is -3.42. The van der Waals surface area contributed by atoms with Gasteiger partial charge in [-0.3, -0.25) is 4.79 Å². The summed E-state index contributed by atoms with van der Waals surface area (Å²) in [6.07, 6.45) is -1.18. The number of carbonyl (C=O) groups excluding carboxylic acids is 2. The van der Waals surface area contributed by atoms with Crippen molar-refractivity contribution in [1.82, 2.24) is 5.32 Å². The van der Waals surface area contributed by atoms with Gasteiger partial charge in [0.15, 0.2) is 11.5 Å². The van der Waals surface area contributed by atoms with Gasteiger partial charge in [0.1, 0.15) is 12.4 Å². The van der Waals surface area contributed by atoms with E-state index in [0.29, 0.717) is 23.0 Å². The lowest BCUT2D eigenvalue weighted by atomic mass is 10.1. The molecule has 0 bridgehead atoms. The summed E-state index contributed by atoms with van der Waals surface area (Å²) in [6.45, 7) is 7.32. The van der Waals surface area contributed by atoms with E-state index in [4.69, 9.17) is 23.7 Å². The summed E-state index contributed by atoms with van der Waals surface area (Å²) >= 11 is 0. The van der Waals surface area contributed by atoms with Crippen molar-refractivity contribution in [3.63, 3.8) is 0 Å². The molecule has 2 aromatic rings. The summed E-state index contributed by atoms with van der Waals surface area (Å²) in [4.78, 5) is 25.7. The molecule has 0 aromatic heterocycles. The third-order valence-corrected chi connectivity index (χ3v) is 4.36. The van der Waals surface area contributed by atoms with E-state index in [-0.39, 0.29) is 12.2 Å². The molecule has 0 saturated heterocycles. The molecule has 1 N–H and O–H groups in total. The van der Waals surface area contributed by atoms with Crippen molar-refractivity contribution in [1.29, 1.82) is 0 Å². The lowest BCUT2D eigenvalue weighted by molar-refractivity contribution is -0.133. The van der Waals surface area contributed by atoms with Crippen LogP contribution in [0.15, 0.2) is 36.4 Å². The van der Waals surface area contributed by atoms with Crippen molar-refractivity contribution >= 4 is 11.9 Å². The smallest absolute Gasteiger partial charge is 0.339 e. The average Bonchev–Trinajstić information content (AvgIpc) is 2.75. The second-order valence-electron chi connectivity index (χ2n) is 8.17. The zero-order valence-electron chi connectivity index (χ0n) is 19.6. The molecule has 0 saturated carbocycles. The summed E-state index contributed by atoms with van der Waals surface area (Å²) in [5, 5.41) is 2.82. The first kappa shape index (κ1) is 24.8. The van der Waals surface area contributed by atoms with Gasteiger partial charge in [0.25, 0.3) is 5.91 Å². The Morgan fingerprint density at radius 3 is 1.97 bits per heavy atom. The summed E-state index contributed by atoms with van der Waals surface area (Å²) in [6, 6.07) is 10.3. The van der Waals surface area contributed by atoms with E-state index in [2.05, 4.69) is 5.32 Å². The number of nitrogens with one attached hydrogen (secondary N) is 1. The summed E-state index contributed by atoms with van der Waals surface area (Å²) < 4.78 is 27.1. The van der Waals surface area contributed by atoms with Gasteiger partial charge in [-0.15, -0.1) is 0 Å². The highest BCUT2D eigenvalue weighted by atomic mass is 16.6. The Balaban J connectivity index is 2.26. The molecule has 1 unspecified atom stereocenters. The van der Waals surface area contributed by atoms with Crippen LogP contribution < -0.4 is 24.3 Å². The van der Waals surface area contributed by atoms with Crippen LogP contribution in [0.5, 0.6) is 23.0 Å². The van der Waals surface area contributed by atoms with Crippen molar-refractivity contribution in [2.75, 3.05) is 27.9 Å². The number of ether oxygens (including phenoxy) is 5. The number of esters is 1. The molecule has 0 heterocycles. The van der Waals surface area contributed by atoms with E-state index in [1.165, 1.54) is 33.5 Å². The van der Waals surface area contributed by atoms with Crippen molar-refractivity contribution in [2.45, 2.75) is 39.3 Å². The van der Waals surface area contributed by atoms with Crippen LogP contribution in [0.3, 0.4) is 0 Å². The lowest BCUT2D eigenvalue weighted by Gasteiger charge is -2.25. The number of hydrogen-bond acceptors (Lipinski definition) is 7. The van der Waals surface area contributed by atoms with Crippen LogP contribution in [-0.4, -0.2) is 51.5 Å². The second-order valence-corrected chi connectivity index (χ2v) is 8.17. The Bertz CT molecular complexity index is 907. The van der Waals surface area contributed by atoms with Gasteiger partial charge >= 0.3 is 5.97 Å². The predicted octanol–water partition coefficient (Wildman–Crippen LogP) is 3.54. The van der Waals surface area contributed by atoms with Crippen molar-refractivity contribution < 1.29 is 33.3 Å². The molecule has 32 heavy (non-hydrogen) atoms. The lowest BCUT2D eigenvalue weighted by Crippen LogP contribution is -2.49. The molecule has 0 aliphatic carbocycles. The Kier molecular flexibility index (Phi) is 8.34. The van der Waals surface area contributed by atoms with Gasteiger partial charge in [-0.1, -0.05) is 17.7 Å². The van der Waals surface area contributed by atoms with Gasteiger partial charge < -0.3 is 29.0 Å². The number of aryl methyl sites for hydroxylation is 1. The Morgan fingerprint density at radius 1 is 0.938 bits per heavy atom. The van der Waals surface area contributed by atoms with E-state index in [9.17, 15) is 9.59 Å². The maximum atomic E-state index is 12.9. The molecule has 8 heteroatoms. The fourth-order valence-corrected chi connectivity index (χ4v) is 2.82. The first-order valence-electron chi connectivity index (χ1n) is 10.1. The molecule has 8 nitrogen and oxygen atoms in total. The fraction of sp³-hybridized carbons (Fsp3) is 0.417. The minimum absolute atomic E-state index is 0.142. The summed E-state index contributed by atoms with van der Waals surface area (Å²) in [5.74, 6) is 0.302. The molecule has 0 aliphatic rings. The predicted molar refractivity (Wildman–Crippen MR) is 120 cm³/mol. The van der Waals surface area contributed by atoms with Crippen molar-refractivity contribution in [3.8, 4) is 23.0 Å². The van der Waals surface area contributed by atoms with Crippen molar-refractivity contribution in [3.05, 3.63) is 47.5 Å². The largest absolute Gasteiger partial charge is 0.493 e. The van der Waals surface area contributed by atoms with E-state index < -0.39 is 23.5 Å². The second kappa shape index (κ2) is 10.7. The van der Waals surface area contributed by atoms with E-state index in [1.54, 1.807) is 12.1 Å². The highest BCUT2D eigenvalue weighted by molar-refractivity contribution is 5.93. The van der Waals surface area contributed by atoms with E-state index in [1.807, 2.05) is 39.8 Å². The topological polar surface area (TPSA) is 92.3 Å². The zero-order valence-corrected chi connectivity index (χ0v) is 19.6.